The van der Waals surface area contributed by atoms with E-state index in [-0.39, 0.29) is 0 Å². The maximum Gasteiger partial charge on any atom is 0.125 e. The van der Waals surface area contributed by atoms with Gasteiger partial charge in [-0.2, -0.15) is 0 Å². The smallest absolute Gasteiger partial charge is 0.125 e. The fraction of sp³-hybridized carbons (Fsp3) is 0.400. The highest BCUT2D eigenvalue weighted by atomic mass is 32.2. The first-order valence-corrected chi connectivity index (χ1v) is 5.93. The average molecular weight is 213 g/mol. The van der Waals surface area contributed by atoms with Crippen LogP contribution in [0, 0.1) is 0 Å². The number of hydrogen-bond donors (Lipinski definition) is 1. The fourth-order valence-electron chi connectivity index (χ4n) is 1.16. The van der Waals surface area contributed by atoms with Crippen LogP contribution in [-0.4, -0.2) is 17.1 Å². The fourth-order valence-corrected chi connectivity index (χ4v) is 1.95. The summed E-state index contributed by atoms with van der Waals surface area (Å²) in [6.07, 6.45) is 0. The molecule has 0 spiro atoms. The van der Waals surface area contributed by atoms with E-state index in [1.165, 1.54) is 0 Å². The predicted octanol–water partition coefficient (Wildman–Crippen LogP) is 1.55. The maximum absolute atomic E-state index is 11.4. The molecule has 1 rings (SSSR count). The highest BCUT2D eigenvalue weighted by Crippen LogP contribution is 2.22. The molecule has 14 heavy (non-hydrogen) atoms. The number of rotatable bonds is 4. The summed E-state index contributed by atoms with van der Waals surface area (Å²) in [7, 11) is 0.773. The standard InChI is InChI=1S/C10H15NO2S/c1-3-14(12)7-8-4-5-9(11)6-10(8)13-2/h4-6H,3,7,11H2,1-2H3. The maximum atomic E-state index is 11.4. The van der Waals surface area contributed by atoms with Crippen LogP contribution in [0.4, 0.5) is 5.69 Å². The second kappa shape index (κ2) is 5.00. The highest BCUT2D eigenvalue weighted by molar-refractivity contribution is 7.84. The van der Waals surface area contributed by atoms with Gasteiger partial charge < -0.3 is 10.5 Å². The third kappa shape index (κ3) is 2.73. The first-order chi connectivity index (χ1) is 6.67. The van der Waals surface area contributed by atoms with Gasteiger partial charge in [0, 0.05) is 33.9 Å². The van der Waals surface area contributed by atoms with Gasteiger partial charge in [-0.15, -0.1) is 0 Å². The lowest BCUT2D eigenvalue weighted by atomic mass is 10.2. The number of nitrogens with two attached hydrogens (primary N) is 1. The van der Waals surface area contributed by atoms with Crippen LogP contribution in [-0.2, 0) is 16.6 Å². The molecule has 1 unspecified atom stereocenters. The molecule has 3 nitrogen and oxygen atoms in total. The van der Waals surface area contributed by atoms with Crippen molar-refractivity contribution in [2.45, 2.75) is 12.7 Å². The number of methoxy groups -OCH3 is 1. The van der Waals surface area contributed by atoms with Gasteiger partial charge in [0.2, 0.25) is 0 Å². The third-order valence-electron chi connectivity index (χ3n) is 1.95. The molecule has 0 bridgehead atoms. The van der Waals surface area contributed by atoms with Crippen LogP contribution in [0.2, 0.25) is 0 Å². The zero-order valence-electron chi connectivity index (χ0n) is 8.45. The summed E-state index contributed by atoms with van der Waals surface area (Å²) >= 11 is 0. The van der Waals surface area contributed by atoms with E-state index in [4.69, 9.17) is 10.5 Å². The number of anilines is 1. The molecule has 78 valence electrons. The zero-order valence-corrected chi connectivity index (χ0v) is 9.26. The molecule has 1 atom stereocenters. The minimum atomic E-state index is -0.817. The van der Waals surface area contributed by atoms with Crippen molar-refractivity contribution in [1.82, 2.24) is 0 Å². The predicted molar refractivity (Wildman–Crippen MR) is 59.8 cm³/mol. The van der Waals surface area contributed by atoms with Gasteiger partial charge in [-0.1, -0.05) is 13.0 Å². The molecule has 1 aromatic carbocycles. The monoisotopic (exact) mass is 213 g/mol. The second-order valence-corrected chi connectivity index (χ2v) is 4.69. The molecule has 0 aliphatic heterocycles. The third-order valence-corrected chi connectivity index (χ3v) is 3.23. The Morgan fingerprint density at radius 3 is 2.79 bits per heavy atom. The van der Waals surface area contributed by atoms with E-state index in [2.05, 4.69) is 0 Å². The van der Waals surface area contributed by atoms with Crippen molar-refractivity contribution in [3.05, 3.63) is 23.8 Å². The van der Waals surface area contributed by atoms with Crippen molar-refractivity contribution in [3.63, 3.8) is 0 Å². The lowest BCUT2D eigenvalue weighted by Gasteiger charge is -2.08. The Balaban J connectivity index is 2.90. The van der Waals surface area contributed by atoms with E-state index in [1.54, 1.807) is 19.2 Å². The Hall–Kier alpha value is -1.03. The van der Waals surface area contributed by atoms with Crippen molar-refractivity contribution < 1.29 is 8.95 Å². The van der Waals surface area contributed by atoms with E-state index < -0.39 is 10.8 Å². The van der Waals surface area contributed by atoms with Crippen LogP contribution in [0.25, 0.3) is 0 Å². The summed E-state index contributed by atoms with van der Waals surface area (Å²) in [6.45, 7) is 1.90. The Labute approximate surface area is 86.7 Å². The molecule has 4 heteroatoms. The Bertz CT molecular complexity index is 339. The average Bonchev–Trinajstić information content (AvgIpc) is 2.20. The molecule has 0 saturated carbocycles. The minimum absolute atomic E-state index is 0.528. The van der Waals surface area contributed by atoms with Gasteiger partial charge in [-0.3, -0.25) is 4.21 Å². The van der Waals surface area contributed by atoms with Crippen LogP contribution >= 0.6 is 0 Å². The lowest BCUT2D eigenvalue weighted by Crippen LogP contribution is -2.00. The van der Waals surface area contributed by atoms with E-state index in [0.29, 0.717) is 22.9 Å². The number of benzene rings is 1. The van der Waals surface area contributed by atoms with Crippen molar-refractivity contribution in [2.24, 2.45) is 0 Å². The highest BCUT2D eigenvalue weighted by Gasteiger charge is 2.06. The van der Waals surface area contributed by atoms with E-state index in [9.17, 15) is 4.21 Å². The van der Waals surface area contributed by atoms with Crippen LogP contribution in [0.3, 0.4) is 0 Å². The molecule has 0 aromatic heterocycles. The Morgan fingerprint density at radius 1 is 1.50 bits per heavy atom. The van der Waals surface area contributed by atoms with Crippen LogP contribution in [0.5, 0.6) is 5.75 Å². The van der Waals surface area contributed by atoms with Gasteiger partial charge in [-0.25, -0.2) is 0 Å². The topological polar surface area (TPSA) is 52.3 Å². The van der Waals surface area contributed by atoms with E-state index in [1.807, 2.05) is 13.0 Å². The molecule has 0 fully saturated rings. The molecule has 0 amide bonds. The Morgan fingerprint density at radius 2 is 2.21 bits per heavy atom. The number of nitrogen functional groups attached to an aromatic ring is 1. The molecule has 2 N–H and O–H groups in total. The van der Waals surface area contributed by atoms with Gasteiger partial charge in [0.1, 0.15) is 5.75 Å². The molecule has 0 aliphatic rings. The molecule has 0 aliphatic carbocycles. The van der Waals surface area contributed by atoms with Crippen LogP contribution in [0.1, 0.15) is 12.5 Å². The Kier molecular flexibility index (Phi) is 3.95. The SMILES string of the molecule is CCS(=O)Cc1ccc(N)cc1OC. The molecule has 1 aromatic rings. The molecular formula is C10H15NO2S. The molecule has 0 heterocycles. The van der Waals surface area contributed by atoms with Crippen molar-refractivity contribution >= 4 is 16.5 Å². The largest absolute Gasteiger partial charge is 0.496 e. The van der Waals surface area contributed by atoms with Crippen molar-refractivity contribution in [1.29, 1.82) is 0 Å². The van der Waals surface area contributed by atoms with E-state index in [0.717, 1.165) is 5.56 Å². The van der Waals surface area contributed by atoms with E-state index >= 15 is 0 Å². The first-order valence-electron chi connectivity index (χ1n) is 4.44. The second-order valence-electron chi connectivity index (χ2n) is 2.94. The first kappa shape index (κ1) is 11.0. The summed E-state index contributed by atoms with van der Waals surface area (Å²) in [5.74, 6) is 1.90. The minimum Gasteiger partial charge on any atom is -0.496 e. The van der Waals surface area contributed by atoms with Crippen LogP contribution in [0.15, 0.2) is 18.2 Å². The normalized spacial score (nSPS) is 12.4. The summed E-state index contributed by atoms with van der Waals surface area (Å²) in [4.78, 5) is 0. The number of hydrogen-bond acceptors (Lipinski definition) is 3. The summed E-state index contributed by atoms with van der Waals surface area (Å²) in [6, 6.07) is 5.41. The summed E-state index contributed by atoms with van der Waals surface area (Å²) in [5, 5.41) is 0. The van der Waals surface area contributed by atoms with Gasteiger partial charge in [-0.05, 0) is 6.07 Å². The molecular weight excluding hydrogens is 198 g/mol. The number of ether oxygens (including phenoxy) is 1. The van der Waals surface area contributed by atoms with Crippen molar-refractivity contribution in [3.8, 4) is 5.75 Å². The molecule has 0 saturated heterocycles. The summed E-state index contributed by atoms with van der Waals surface area (Å²) < 4.78 is 16.5. The van der Waals surface area contributed by atoms with Crippen LogP contribution < -0.4 is 10.5 Å². The molecule has 0 radical (unpaired) electrons. The quantitative estimate of drug-likeness (QED) is 0.772. The van der Waals surface area contributed by atoms with Gasteiger partial charge in [0.05, 0.1) is 12.9 Å². The van der Waals surface area contributed by atoms with Gasteiger partial charge in [0.15, 0.2) is 0 Å². The van der Waals surface area contributed by atoms with Gasteiger partial charge in [0.25, 0.3) is 0 Å². The lowest BCUT2D eigenvalue weighted by molar-refractivity contribution is 0.411. The summed E-state index contributed by atoms with van der Waals surface area (Å²) in [5.41, 5.74) is 7.22. The van der Waals surface area contributed by atoms with Gasteiger partial charge >= 0.3 is 0 Å². The zero-order chi connectivity index (χ0) is 10.6. The van der Waals surface area contributed by atoms with Crippen molar-refractivity contribution in [2.75, 3.05) is 18.6 Å².